The van der Waals surface area contributed by atoms with E-state index in [4.69, 9.17) is 4.74 Å². The second kappa shape index (κ2) is 7.51. The molecular formula is C16H27NO2. The molecule has 4 atom stereocenters. The smallest absolute Gasteiger partial charge is 0.118 e. The Morgan fingerprint density at radius 1 is 1.11 bits per heavy atom. The summed E-state index contributed by atoms with van der Waals surface area (Å²) in [6.07, 6.45) is 0.636. The van der Waals surface area contributed by atoms with E-state index >= 15 is 0 Å². The molecule has 3 heteroatoms. The summed E-state index contributed by atoms with van der Waals surface area (Å²) >= 11 is 0. The minimum Gasteiger partial charge on any atom is -0.497 e. The maximum absolute atomic E-state index is 10.4. The van der Waals surface area contributed by atoms with E-state index in [1.807, 2.05) is 31.2 Å². The van der Waals surface area contributed by atoms with Crippen LogP contribution in [-0.4, -0.2) is 24.3 Å². The lowest BCUT2D eigenvalue weighted by Gasteiger charge is -2.27. The van der Waals surface area contributed by atoms with Crippen molar-refractivity contribution in [3.8, 4) is 5.75 Å². The lowest BCUT2D eigenvalue weighted by atomic mass is 9.97. The number of benzene rings is 1. The van der Waals surface area contributed by atoms with Gasteiger partial charge in [-0.15, -0.1) is 0 Å². The van der Waals surface area contributed by atoms with Gasteiger partial charge in [0.2, 0.25) is 0 Å². The quantitative estimate of drug-likeness (QED) is 0.796. The van der Waals surface area contributed by atoms with Gasteiger partial charge in [0.25, 0.3) is 0 Å². The van der Waals surface area contributed by atoms with Crippen molar-refractivity contribution in [3.63, 3.8) is 0 Å². The SMILES string of the molecule is CCC(C)C(C)NC(C)C(O)c1ccc(OC)cc1. The third kappa shape index (κ3) is 4.51. The average molecular weight is 265 g/mol. The zero-order chi connectivity index (χ0) is 14.4. The molecule has 1 aromatic carbocycles. The van der Waals surface area contributed by atoms with Crippen molar-refractivity contribution in [2.24, 2.45) is 5.92 Å². The molecule has 0 spiro atoms. The molecule has 0 aliphatic rings. The summed E-state index contributed by atoms with van der Waals surface area (Å²) in [6.45, 7) is 8.61. The highest BCUT2D eigenvalue weighted by molar-refractivity contribution is 5.29. The Kier molecular flexibility index (Phi) is 6.32. The first kappa shape index (κ1) is 16.0. The molecule has 2 N–H and O–H groups in total. The molecule has 0 aromatic heterocycles. The summed E-state index contributed by atoms with van der Waals surface area (Å²) in [5, 5.41) is 13.8. The van der Waals surface area contributed by atoms with Gasteiger partial charge in [-0.2, -0.15) is 0 Å². The van der Waals surface area contributed by atoms with E-state index in [1.54, 1.807) is 7.11 Å². The van der Waals surface area contributed by atoms with Crippen molar-refractivity contribution in [1.29, 1.82) is 0 Å². The van der Waals surface area contributed by atoms with Gasteiger partial charge in [-0.1, -0.05) is 32.4 Å². The van der Waals surface area contributed by atoms with Crippen LogP contribution in [0, 0.1) is 5.92 Å². The van der Waals surface area contributed by atoms with Crippen molar-refractivity contribution in [2.75, 3.05) is 7.11 Å². The van der Waals surface area contributed by atoms with Crippen LogP contribution < -0.4 is 10.1 Å². The molecule has 3 nitrogen and oxygen atoms in total. The van der Waals surface area contributed by atoms with E-state index in [9.17, 15) is 5.11 Å². The Bertz CT molecular complexity index is 364. The third-order valence-electron chi connectivity index (χ3n) is 3.95. The van der Waals surface area contributed by atoms with Gasteiger partial charge in [-0.3, -0.25) is 0 Å². The number of hydrogen-bond acceptors (Lipinski definition) is 3. The van der Waals surface area contributed by atoms with Crippen LogP contribution in [0.2, 0.25) is 0 Å². The average Bonchev–Trinajstić information content (AvgIpc) is 2.45. The monoisotopic (exact) mass is 265 g/mol. The normalized spacial score (nSPS) is 17.6. The maximum atomic E-state index is 10.4. The zero-order valence-electron chi connectivity index (χ0n) is 12.7. The fraction of sp³-hybridized carbons (Fsp3) is 0.625. The van der Waals surface area contributed by atoms with Crippen LogP contribution in [0.3, 0.4) is 0 Å². The molecular weight excluding hydrogens is 238 g/mol. The molecule has 0 aliphatic carbocycles. The molecule has 1 rings (SSSR count). The number of hydrogen-bond donors (Lipinski definition) is 2. The van der Waals surface area contributed by atoms with Gasteiger partial charge >= 0.3 is 0 Å². The standard InChI is InChI=1S/C16H27NO2/c1-6-11(2)12(3)17-13(4)16(18)14-7-9-15(19-5)10-8-14/h7-13,16-18H,6H2,1-5H3. The van der Waals surface area contributed by atoms with Crippen molar-refractivity contribution < 1.29 is 9.84 Å². The molecule has 0 fully saturated rings. The van der Waals surface area contributed by atoms with Gasteiger partial charge in [0.1, 0.15) is 5.75 Å². The fourth-order valence-corrected chi connectivity index (χ4v) is 2.11. The van der Waals surface area contributed by atoms with Gasteiger partial charge in [-0.05, 0) is 37.5 Å². The molecule has 0 heterocycles. The summed E-state index contributed by atoms with van der Waals surface area (Å²) in [5.41, 5.74) is 0.914. The Morgan fingerprint density at radius 3 is 2.16 bits per heavy atom. The molecule has 0 aliphatic heterocycles. The number of rotatable bonds is 7. The molecule has 108 valence electrons. The minimum atomic E-state index is -0.502. The number of aliphatic hydroxyl groups excluding tert-OH is 1. The van der Waals surface area contributed by atoms with Gasteiger partial charge in [0, 0.05) is 12.1 Å². The van der Waals surface area contributed by atoms with Gasteiger partial charge in [-0.25, -0.2) is 0 Å². The number of nitrogens with one attached hydrogen (secondary N) is 1. The van der Waals surface area contributed by atoms with E-state index in [-0.39, 0.29) is 6.04 Å². The first-order valence-corrected chi connectivity index (χ1v) is 7.07. The number of ether oxygens (including phenoxy) is 1. The van der Waals surface area contributed by atoms with Gasteiger partial charge in [0.15, 0.2) is 0 Å². The lowest BCUT2D eigenvalue weighted by Crippen LogP contribution is -2.41. The fourth-order valence-electron chi connectivity index (χ4n) is 2.11. The largest absolute Gasteiger partial charge is 0.497 e. The van der Waals surface area contributed by atoms with E-state index in [0.29, 0.717) is 12.0 Å². The minimum absolute atomic E-state index is 0.0254. The lowest BCUT2D eigenvalue weighted by molar-refractivity contribution is 0.125. The van der Waals surface area contributed by atoms with Crippen LogP contribution >= 0.6 is 0 Å². The van der Waals surface area contributed by atoms with Crippen LogP contribution in [-0.2, 0) is 0 Å². The second-order valence-corrected chi connectivity index (χ2v) is 5.35. The molecule has 0 amide bonds. The van der Waals surface area contributed by atoms with Crippen molar-refractivity contribution in [3.05, 3.63) is 29.8 Å². The number of aliphatic hydroxyl groups is 1. The first-order chi connectivity index (χ1) is 8.99. The van der Waals surface area contributed by atoms with Crippen LogP contribution in [0.5, 0.6) is 5.75 Å². The van der Waals surface area contributed by atoms with Crippen molar-refractivity contribution >= 4 is 0 Å². The van der Waals surface area contributed by atoms with E-state index in [2.05, 4.69) is 26.1 Å². The highest BCUT2D eigenvalue weighted by Crippen LogP contribution is 2.21. The molecule has 19 heavy (non-hydrogen) atoms. The maximum Gasteiger partial charge on any atom is 0.118 e. The third-order valence-corrected chi connectivity index (χ3v) is 3.95. The first-order valence-electron chi connectivity index (χ1n) is 7.07. The molecule has 1 aromatic rings. The van der Waals surface area contributed by atoms with Gasteiger partial charge in [0.05, 0.1) is 13.2 Å². The van der Waals surface area contributed by atoms with E-state index < -0.39 is 6.10 Å². The zero-order valence-corrected chi connectivity index (χ0v) is 12.7. The Morgan fingerprint density at radius 2 is 1.68 bits per heavy atom. The summed E-state index contributed by atoms with van der Waals surface area (Å²) in [4.78, 5) is 0. The Labute approximate surface area is 117 Å². The highest BCUT2D eigenvalue weighted by atomic mass is 16.5. The summed E-state index contributed by atoms with van der Waals surface area (Å²) in [6, 6.07) is 8.00. The predicted molar refractivity (Wildman–Crippen MR) is 79.5 cm³/mol. The van der Waals surface area contributed by atoms with Crippen molar-refractivity contribution in [1.82, 2.24) is 5.32 Å². The highest BCUT2D eigenvalue weighted by Gasteiger charge is 2.20. The van der Waals surface area contributed by atoms with E-state index in [0.717, 1.165) is 17.7 Å². The number of methoxy groups -OCH3 is 1. The summed E-state index contributed by atoms with van der Waals surface area (Å²) in [7, 11) is 1.64. The van der Waals surface area contributed by atoms with Crippen LogP contribution in [0.25, 0.3) is 0 Å². The predicted octanol–water partition coefficient (Wildman–Crippen LogP) is 3.14. The van der Waals surface area contributed by atoms with Crippen LogP contribution in [0.4, 0.5) is 0 Å². The van der Waals surface area contributed by atoms with E-state index in [1.165, 1.54) is 0 Å². The van der Waals surface area contributed by atoms with Crippen LogP contribution in [0.15, 0.2) is 24.3 Å². The molecule has 0 saturated carbocycles. The Hall–Kier alpha value is -1.06. The van der Waals surface area contributed by atoms with Gasteiger partial charge < -0.3 is 15.2 Å². The molecule has 0 bridgehead atoms. The topological polar surface area (TPSA) is 41.5 Å². The van der Waals surface area contributed by atoms with Crippen molar-refractivity contribution in [2.45, 2.75) is 52.3 Å². The molecule has 4 unspecified atom stereocenters. The summed E-state index contributed by atoms with van der Waals surface area (Å²) < 4.78 is 5.12. The second-order valence-electron chi connectivity index (χ2n) is 5.35. The molecule has 0 saturated heterocycles. The summed E-state index contributed by atoms with van der Waals surface area (Å²) in [5.74, 6) is 1.41. The van der Waals surface area contributed by atoms with Crippen LogP contribution in [0.1, 0.15) is 45.8 Å². The molecule has 0 radical (unpaired) electrons. The Balaban J connectivity index is 2.62.